The minimum atomic E-state index is -1.50. The molecule has 12 N–H and O–H groups in total. The van der Waals surface area contributed by atoms with Crippen molar-refractivity contribution in [1.82, 2.24) is 37.2 Å². The molecular formula is C80H106N10O17S. The molecule has 5 aromatic carbocycles. The number of nitrogens with zero attached hydrogens (tertiary/aromatic N) is 1. The fourth-order valence-electron chi connectivity index (χ4n) is 11.2. The zero-order chi connectivity index (χ0) is 78.3. The van der Waals surface area contributed by atoms with Gasteiger partial charge in [0.15, 0.2) is 17.5 Å². The van der Waals surface area contributed by atoms with Crippen molar-refractivity contribution in [3.8, 4) is 23.3 Å². The van der Waals surface area contributed by atoms with Crippen molar-refractivity contribution in [3.63, 3.8) is 0 Å². The van der Waals surface area contributed by atoms with E-state index in [0.29, 0.717) is 76.3 Å². The molecule has 0 saturated carbocycles. The Hall–Kier alpha value is -10.2. The van der Waals surface area contributed by atoms with Gasteiger partial charge in [-0.05, 0) is 116 Å². The van der Waals surface area contributed by atoms with Crippen LogP contribution in [0, 0.1) is 24.7 Å². The maximum absolute atomic E-state index is 14.0. The first-order valence-electron chi connectivity index (χ1n) is 36.3. The molecule has 5 aromatic rings. The number of carbonyl (C=O) groups is 10. The van der Waals surface area contributed by atoms with Gasteiger partial charge < -0.3 is 82.2 Å². The predicted octanol–water partition coefficient (Wildman–Crippen LogP) is 5.65. The van der Waals surface area contributed by atoms with E-state index in [9.17, 15) is 53.1 Å². The van der Waals surface area contributed by atoms with Gasteiger partial charge in [0.25, 0.3) is 0 Å². The van der Waals surface area contributed by atoms with Crippen LogP contribution in [0.5, 0.6) is 11.5 Å². The Morgan fingerprint density at radius 3 is 1.93 bits per heavy atom. The second-order valence-corrected chi connectivity index (χ2v) is 26.8. The number of carboxylic acids is 1. The average Bonchev–Trinajstić information content (AvgIpc) is 0.752. The minimum absolute atomic E-state index is 0.0114. The van der Waals surface area contributed by atoms with Crippen LogP contribution in [-0.2, 0) is 84.6 Å². The number of benzene rings is 5. The third kappa shape index (κ3) is 33.7. The number of Topliss-reactive ketones (excluding diaryl/α,β-unsaturated/α-hetero) is 2. The number of guanidine groups is 1. The highest BCUT2D eigenvalue weighted by Crippen LogP contribution is 2.50. The number of carbonyl (C=O) groups excluding carboxylic acids is 9. The van der Waals surface area contributed by atoms with Gasteiger partial charge in [-0.15, -0.1) is 11.8 Å². The number of aliphatic carboxylic acids is 1. The third-order valence-corrected chi connectivity index (χ3v) is 18.6. The standard InChI is InChI=1S/C43H67N9O14.C37H39NO3S/c1-29(53)46-16-18-64-20-21-65-27-32(54)11-8-17-63-19-22-66-28-38(57)47-14-6-5-12-34-42(62)52-33(13-7-15-48-43(44)45)41(61)49-26-37(56)50-35(25-39(58)59)36(55)24-31(40(60)51-34)23-30-9-3-2-4-10-30;1-5-25-42-37(31-17-15-28(2)16-18-31,32-19-22-34(40-3)23-20-32)33-21-24-35(41-4)30(26-33)13-9-10-14-36(39)38-27-29-11-7-6-8-12-29/h2-4,9-10,31,33-35H,5-8,11-28H2,1H3,(H,46,53)(H,47,57)(H,49,61)(H,50,56)(H,51,60)(H,52,62)(H,58,59)(H4,44,45,48);6-8,11-12,15-24,26H,5,10,14,25,27H2,1-4H3,(H,38,39)/t31-,33+,34+,35+;/m1./s1. The van der Waals surface area contributed by atoms with Crippen LogP contribution in [0.3, 0.4) is 0 Å². The van der Waals surface area contributed by atoms with E-state index >= 15 is 0 Å². The number of amides is 7. The number of carboxylic acid groups (broad SMARTS) is 1. The van der Waals surface area contributed by atoms with Crippen LogP contribution < -0.4 is 58.2 Å². The highest BCUT2D eigenvalue weighted by molar-refractivity contribution is 8.00. The van der Waals surface area contributed by atoms with Crippen LogP contribution in [0.2, 0.25) is 0 Å². The molecule has 108 heavy (non-hydrogen) atoms. The number of thioether (sulfide) groups is 1. The number of methoxy groups -OCH3 is 2. The van der Waals surface area contributed by atoms with Crippen molar-refractivity contribution in [2.24, 2.45) is 22.4 Å². The molecule has 1 aliphatic heterocycles. The molecule has 6 rings (SSSR count). The molecule has 0 aliphatic carbocycles. The molecule has 584 valence electrons. The van der Waals surface area contributed by atoms with Crippen LogP contribution in [-0.4, -0.2) is 187 Å². The number of hydrogen-bond acceptors (Lipinski definition) is 18. The Labute approximate surface area is 637 Å². The van der Waals surface area contributed by atoms with Gasteiger partial charge in [0.1, 0.15) is 36.8 Å². The quantitative estimate of drug-likeness (QED) is 0.00741. The molecule has 5 atom stereocenters. The average molecular weight is 1510 g/mol. The summed E-state index contributed by atoms with van der Waals surface area (Å²) in [6.45, 7) is 7.66. The Morgan fingerprint density at radius 1 is 0.639 bits per heavy atom. The number of aryl methyl sites for hydroxylation is 1. The first-order valence-corrected chi connectivity index (χ1v) is 37.3. The number of nitrogens with one attached hydrogen (secondary N) is 7. The van der Waals surface area contributed by atoms with Crippen molar-refractivity contribution < 1.29 is 81.5 Å². The van der Waals surface area contributed by atoms with Crippen molar-refractivity contribution in [2.75, 3.05) is 99.0 Å². The molecule has 0 spiro atoms. The van der Waals surface area contributed by atoms with E-state index in [4.69, 9.17) is 39.9 Å². The predicted molar refractivity (Wildman–Crippen MR) is 411 cm³/mol. The first kappa shape index (κ1) is 88.4. The van der Waals surface area contributed by atoms with Crippen molar-refractivity contribution in [2.45, 2.75) is 134 Å². The fraction of sp³-hybridized carbons (Fsp3) is 0.463. The van der Waals surface area contributed by atoms with Crippen molar-refractivity contribution >= 4 is 76.6 Å². The molecule has 1 aliphatic rings. The SMILES string of the molecule is CC(=O)NCCOCCOCC(=O)CCCOCCOCC(=O)NCCCC[C@@H]1NC(=O)[C@H](Cc2ccccc2)CC(=O)[C@H](CC(=O)O)NC(=O)CNC(=O)[C@H](CCCN=C(N)N)NC1=O.CCCSC(c1ccc(C)cc1)(c1ccc(OC)cc1)c1ccc(OC)c(C#CCCC(=O)NCc2ccccc2)c1. The molecule has 27 nitrogen and oxygen atoms in total. The summed E-state index contributed by atoms with van der Waals surface area (Å²) in [5.74, 6) is 2.07. The third-order valence-electron chi connectivity index (χ3n) is 16.8. The number of ketones is 2. The molecule has 0 radical (unpaired) electrons. The van der Waals surface area contributed by atoms with Crippen LogP contribution in [0.25, 0.3) is 0 Å². The summed E-state index contributed by atoms with van der Waals surface area (Å²) in [6, 6.07) is 38.2. The highest BCUT2D eigenvalue weighted by Gasteiger charge is 2.38. The first-order chi connectivity index (χ1) is 52.1. The summed E-state index contributed by atoms with van der Waals surface area (Å²) in [6.07, 6.45) is 2.46. The highest BCUT2D eigenvalue weighted by atomic mass is 32.2. The number of unbranched alkanes of at least 4 members (excludes halogenated alkanes) is 1. The minimum Gasteiger partial charge on any atom is -0.497 e. The normalized spacial score (nSPS) is 15.9. The second kappa shape index (κ2) is 50.4. The van der Waals surface area contributed by atoms with Gasteiger partial charge in [-0.25, -0.2) is 0 Å². The summed E-state index contributed by atoms with van der Waals surface area (Å²) >= 11 is 1.92. The van der Waals surface area contributed by atoms with Gasteiger partial charge in [0.05, 0.1) is 76.6 Å². The summed E-state index contributed by atoms with van der Waals surface area (Å²) in [5, 5.41) is 28.0. The van der Waals surface area contributed by atoms with Crippen molar-refractivity contribution in [3.05, 3.63) is 166 Å². The van der Waals surface area contributed by atoms with Gasteiger partial charge in [0.2, 0.25) is 41.4 Å². The van der Waals surface area contributed by atoms with E-state index in [1.54, 1.807) is 44.6 Å². The Balaban J connectivity index is 0.000000425. The summed E-state index contributed by atoms with van der Waals surface area (Å²) in [5.41, 5.74) is 18.1. The van der Waals surface area contributed by atoms with Crippen LogP contribution in [0.15, 0.2) is 132 Å². The monoisotopic (exact) mass is 1510 g/mol. The maximum Gasteiger partial charge on any atom is 0.305 e. The number of rotatable bonds is 42. The zero-order valence-corrected chi connectivity index (χ0v) is 63.3. The number of hydrogen-bond donors (Lipinski definition) is 10. The van der Waals surface area contributed by atoms with E-state index in [-0.39, 0.29) is 102 Å². The van der Waals surface area contributed by atoms with Gasteiger partial charge >= 0.3 is 5.97 Å². The van der Waals surface area contributed by atoms with E-state index in [0.717, 1.165) is 34.6 Å². The zero-order valence-electron chi connectivity index (χ0n) is 62.5. The lowest BCUT2D eigenvalue weighted by Gasteiger charge is -2.36. The summed E-state index contributed by atoms with van der Waals surface area (Å²) in [7, 11) is 3.36. The van der Waals surface area contributed by atoms with E-state index in [1.807, 2.05) is 60.3 Å². The van der Waals surface area contributed by atoms with E-state index in [1.165, 1.54) is 23.6 Å². The van der Waals surface area contributed by atoms with Crippen LogP contribution in [0.1, 0.15) is 130 Å². The van der Waals surface area contributed by atoms with Gasteiger partial charge in [-0.3, -0.25) is 52.9 Å². The smallest absolute Gasteiger partial charge is 0.305 e. The van der Waals surface area contributed by atoms with E-state index in [2.05, 4.69) is 116 Å². The lowest BCUT2D eigenvalue weighted by molar-refractivity contribution is -0.140. The van der Waals surface area contributed by atoms with Gasteiger partial charge in [-0.1, -0.05) is 127 Å². The topological polar surface area (TPSA) is 395 Å². The number of nitrogens with two attached hydrogens (primary N) is 2. The molecule has 1 heterocycles. The van der Waals surface area contributed by atoms with Crippen LogP contribution in [0.4, 0.5) is 0 Å². The van der Waals surface area contributed by atoms with E-state index < -0.39 is 89.5 Å². The van der Waals surface area contributed by atoms with Crippen LogP contribution >= 0.6 is 11.8 Å². The Kier molecular flexibility index (Phi) is 41.3. The largest absolute Gasteiger partial charge is 0.497 e. The molecular weight excluding hydrogens is 1400 g/mol. The Bertz CT molecular complexity index is 3740. The maximum atomic E-state index is 14.0. The lowest BCUT2D eigenvalue weighted by Crippen LogP contribution is -2.55. The molecule has 0 bridgehead atoms. The van der Waals surface area contributed by atoms with Gasteiger partial charge in [0, 0.05) is 71.3 Å². The van der Waals surface area contributed by atoms with Crippen molar-refractivity contribution in [1.29, 1.82) is 0 Å². The Morgan fingerprint density at radius 2 is 1.27 bits per heavy atom. The fourth-order valence-corrected chi connectivity index (χ4v) is 12.7. The molecule has 1 unspecified atom stereocenters. The molecule has 28 heteroatoms. The number of aliphatic imine (C=N–C) groups is 1. The molecule has 7 amide bonds. The summed E-state index contributed by atoms with van der Waals surface area (Å²) in [4.78, 5) is 131. The molecule has 1 fully saturated rings. The molecule has 0 aromatic heterocycles. The lowest BCUT2D eigenvalue weighted by atomic mass is 9.83. The summed E-state index contributed by atoms with van der Waals surface area (Å²) < 4.78 is 32.1. The molecule has 1 saturated heterocycles. The van der Waals surface area contributed by atoms with Gasteiger partial charge in [-0.2, -0.15) is 0 Å². The second-order valence-electron chi connectivity index (χ2n) is 25.5. The number of ether oxygens (including phenoxy) is 6.